The van der Waals surface area contributed by atoms with Crippen molar-refractivity contribution in [3.63, 3.8) is 0 Å². The lowest BCUT2D eigenvalue weighted by atomic mass is 10.2. The number of aryl methyl sites for hydroxylation is 1. The number of ether oxygens (including phenoxy) is 1. The first-order valence-electron chi connectivity index (χ1n) is 10.2. The zero-order valence-electron chi connectivity index (χ0n) is 17.9. The Bertz CT molecular complexity index is 1360. The maximum Gasteiger partial charge on any atom is 0.276 e. The summed E-state index contributed by atoms with van der Waals surface area (Å²) in [6.45, 7) is 5.73. The van der Waals surface area contributed by atoms with Gasteiger partial charge in [0, 0.05) is 17.1 Å². The molecule has 0 fully saturated rings. The lowest BCUT2D eigenvalue weighted by Gasteiger charge is -2.14. The number of nitrogens with one attached hydrogen (secondary N) is 1. The van der Waals surface area contributed by atoms with Gasteiger partial charge in [0.15, 0.2) is 17.0 Å². The Balaban J connectivity index is 1.64. The summed E-state index contributed by atoms with van der Waals surface area (Å²) in [4.78, 5) is 25.3. The highest BCUT2D eigenvalue weighted by Gasteiger charge is 2.21. The molecule has 32 heavy (non-hydrogen) atoms. The smallest absolute Gasteiger partial charge is 0.276 e. The fourth-order valence-corrected chi connectivity index (χ4v) is 3.45. The molecule has 0 spiro atoms. The van der Waals surface area contributed by atoms with Gasteiger partial charge < -0.3 is 14.5 Å². The molecule has 2 heterocycles. The average Bonchev–Trinajstić information content (AvgIpc) is 3.20. The standard InChI is InChI=1S/C24H22FN3O4/c1-4-31-20-11-7-8-16-13-21(32-23(16)20)15(3)26-24(30)22-19(29)12-14(2)28(27-22)18-10-6-5-9-17(18)25/h5-13,15H,4H2,1-3H3,(H,26,30). The summed E-state index contributed by atoms with van der Waals surface area (Å²) in [5.41, 5.74) is 0.249. The summed E-state index contributed by atoms with van der Waals surface area (Å²) in [6.07, 6.45) is 0. The molecule has 2 aromatic carbocycles. The van der Waals surface area contributed by atoms with Crippen molar-refractivity contribution in [1.82, 2.24) is 15.1 Å². The Hall–Kier alpha value is -3.94. The minimum absolute atomic E-state index is 0.146. The van der Waals surface area contributed by atoms with E-state index in [1.165, 1.54) is 22.9 Å². The monoisotopic (exact) mass is 435 g/mol. The van der Waals surface area contributed by atoms with Gasteiger partial charge in [-0.3, -0.25) is 9.59 Å². The molecule has 1 N–H and O–H groups in total. The molecule has 0 aliphatic carbocycles. The number of hydrogen-bond donors (Lipinski definition) is 1. The number of halogens is 1. The van der Waals surface area contributed by atoms with Crippen LogP contribution >= 0.6 is 0 Å². The number of hydrogen-bond acceptors (Lipinski definition) is 5. The van der Waals surface area contributed by atoms with Gasteiger partial charge in [-0.25, -0.2) is 9.07 Å². The summed E-state index contributed by atoms with van der Waals surface area (Å²) in [5, 5.41) is 7.70. The number of nitrogens with zero attached hydrogens (tertiary/aromatic N) is 2. The molecule has 4 rings (SSSR count). The predicted molar refractivity (Wildman–Crippen MR) is 118 cm³/mol. The molecule has 1 atom stereocenters. The molecule has 7 nitrogen and oxygen atoms in total. The van der Waals surface area contributed by atoms with Crippen molar-refractivity contribution in [3.05, 3.63) is 87.8 Å². The van der Waals surface area contributed by atoms with Gasteiger partial charge in [0.1, 0.15) is 17.3 Å². The van der Waals surface area contributed by atoms with Crippen molar-refractivity contribution in [2.24, 2.45) is 0 Å². The molecule has 4 aromatic rings. The summed E-state index contributed by atoms with van der Waals surface area (Å²) in [5.74, 6) is -0.0817. The van der Waals surface area contributed by atoms with E-state index in [-0.39, 0.29) is 11.4 Å². The Labute approximate surface area is 183 Å². The Morgan fingerprint density at radius 2 is 2.00 bits per heavy atom. The van der Waals surface area contributed by atoms with Gasteiger partial charge in [-0.15, -0.1) is 0 Å². The Morgan fingerprint density at radius 1 is 1.22 bits per heavy atom. The van der Waals surface area contributed by atoms with E-state index in [1.807, 2.05) is 31.2 Å². The molecule has 0 aliphatic rings. The Kier molecular flexibility index (Phi) is 5.77. The van der Waals surface area contributed by atoms with Crippen LogP contribution in [0.2, 0.25) is 0 Å². The minimum atomic E-state index is -0.682. The van der Waals surface area contributed by atoms with Crippen LogP contribution in [-0.2, 0) is 0 Å². The predicted octanol–water partition coefficient (Wildman–Crippen LogP) is 4.32. The highest BCUT2D eigenvalue weighted by molar-refractivity contribution is 5.92. The number of carbonyl (C=O) groups is 1. The number of para-hydroxylation sites is 2. The van der Waals surface area contributed by atoms with Crippen molar-refractivity contribution in [1.29, 1.82) is 0 Å². The van der Waals surface area contributed by atoms with Gasteiger partial charge in [0.05, 0.1) is 12.6 Å². The van der Waals surface area contributed by atoms with Crippen LogP contribution in [0.5, 0.6) is 5.75 Å². The average molecular weight is 435 g/mol. The van der Waals surface area contributed by atoms with Crippen LogP contribution in [0, 0.1) is 12.7 Å². The lowest BCUT2D eigenvalue weighted by molar-refractivity contribution is 0.0927. The van der Waals surface area contributed by atoms with E-state index in [0.717, 1.165) is 5.39 Å². The van der Waals surface area contributed by atoms with E-state index < -0.39 is 23.2 Å². The first-order chi connectivity index (χ1) is 15.4. The van der Waals surface area contributed by atoms with Crippen molar-refractivity contribution in [2.75, 3.05) is 6.61 Å². The van der Waals surface area contributed by atoms with Gasteiger partial charge in [0.25, 0.3) is 5.91 Å². The summed E-state index contributed by atoms with van der Waals surface area (Å²) in [7, 11) is 0. The molecule has 8 heteroatoms. The number of rotatable bonds is 6. The number of furan rings is 1. The summed E-state index contributed by atoms with van der Waals surface area (Å²) < 4.78 is 27.0. The van der Waals surface area contributed by atoms with Crippen LogP contribution in [0.25, 0.3) is 16.7 Å². The van der Waals surface area contributed by atoms with Crippen molar-refractivity contribution < 1.29 is 18.3 Å². The largest absolute Gasteiger partial charge is 0.490 e. The van der Waals surface area contributed by atoms with Gasteiger partial charge >= 0.3 is 0 Å². The van der Waals surface area contributed by atoms with E-state index in [0.29, 0.717) is 29.4 Å². The number of fused-ring (bicyclic) bond motifs is 1. The van der Waals surface area contributed by atoms with Crippen molar-refractivity contribution in [3.8, 4) is 11.4 Å². The number of amides is 1. The maximum absolute atomic E-state index is 14.2. The Morgan fingerprint density at radius 3 is 2.75 bits per heavy atom. The third-order valence-electron chi connectivity index (χ3n) is 5.00. The molecule has 2 aromatic heterocycles. The SMILES string of the molecule is CCOc1cccc2cc(C(C)NC(=O)c3nn(-c4ccccc4F)c(C)cc3=O)oc12. The van der Waals surface area contributed by atoms with Crippen molar-refractivity contribution in [2.45, 2.75) is 26.8 Å². The molecular formula is C24H22FN3O4. The van der Waals surface area contributed by atoms with Gasteiger partial charge in [-0.2, -0.15) is 5.10 Å². The fourth-order valence-electron chi connectivity index (χ4n) is 3.45. The van der Waals surface area contributed by atoms with E-state index in [9.17, 15) is 14.0 Å². The van der Waals surface area contributed by atoms with Gasteiger partial charge in [-0.05, 0) is 45.0 Å². The zero-order chi connectivity index (χ0) is 22.8. The van der Waals surface area contributed by atoms with Crippen LogP contribution < -0.4 is 15.5 Å². The van der Waals surface area contributed by atoms with Crippen molar-refractivity contribution >= 4 is 16.9 Å². The van der Waals surface area contributed by atoms with E-state index >= 15 is 0 Å². The molecule has 1 amide bonds. The number of aromatic nitrogens is 2. The van der Waals surface area contributed by atoms with E-state index in [4.69, 9.17) is 9.15 Å². The summed E-state index contributed by atoms with van der Waals surface area (Å²) >= 11 is 0. The molecule has 0 saturated carbocycles. The first kappa shape index (κ1) is 21.3. The number of carbonyl (C=O) groups excluding carboxylic acids is 1. The second kappa shape index (κ2) is 8.66. The van der Waals surface area contributed by atoms with Gasteiger partial charge in [-0.1, -0.05) is 24.3 Å². The lowest BCUT2D eigenvalue weighted by Crippen LogP contribution is -2.33. The minimum Gasteiger partial charge on any atom is -0.490 e. The zero-order valence-corrected chi connectivity index (χ0v) is 17.9. The molecule has 0 radical (unpaired) electrons. The van der Waals surface area contributed by atoms with Crippen LogP contribution in [0.1, 0.15) is 41.8 Å². The van der Waals surface area contributed by atoms with Crippen LogP contribution in [0.3, 0.4) is 0 Å². The maximum atomic E-state index is 14.2. The van der Waals surface area contributed by atoms with Gasteiger partial charge in [0.2, 0.25) is 5.43 Å². The third kappa shape index (κ3) is 3.99. The van der Waals surface area contributed by atoms with Crippen LogP contribution in [0.4, 0.5) is 4.39 Å². The molecular weight excluding hydrogens is 413 g/mol. The topological polar surface area (TPSA) is 86.4 Å². The molecule has 0 saturated heterocycles. The second-order valence-electron chi connectivity index (χ2n) is 7.31. The fraction of sp³-hybridized carbons (Fsp3) is 0.208. The molecule has 1 unspecified atom stereocenters. The molecule has 0 aliphatic heterocycles. The third-order valence-corrected chi connectivity index (χ3v) is 5.00. The number of benzene rings is 2. The highest BCUT2D eigenvalue weighted by Crippen LogP contribution is 2.31. The van der Waals surface area contributed by atoms with Crippen LogP contribution in [-0.4, -0.2) is 22.3 Å². The molecule has 164 valence electrons. The quantitative estimate of drug-likeness (QED) is 0.488. The van der Waals surface area contributed by atoms with Crippen LogP contribution in [0.15, 0.2) is 63.8 Å². The van der Waals surface area contributed by atoms with E-state index in [2.05, 4.69) is 10.4 Å². The highest BCUT2D eigenvalue weighted by atomic mass is 19.1. The second-order valence-corrected chi connectivity index (χ2v) is 7.31. The molecule has 0 bridgehead atoms. The normalized spacial score (nSPS) is 12.0. The van der Waals surface area contributed by atoms with E-state index in [1.54, 1.807) is 26.0 Å². The first-order valence-corrected chi connectivity index (χ1v) is 10.2. The summed E-state index contributed by atoms with van der Waals surface area (Å²) in [6, 6.07) is 14.1.